The van der Waals surface area contributed by atoms with Gasteiger partial charge < -0.3 is 19.3 Å². The van der Waals surface area contributed by atoms with Crippen LogP contribution in [0.2, 0.25) is 0 Å². The van der Waals surface area contributed by atoms with Crippen LogP contribution in [-0.2, 0) is 11.3 Å². The van der Waals surface area contributed by atoms with Crippen molar-refractivity contribution in [3.63, 3.8) is 0 Å². The van der Waals surface area contributed by atoms with Gasteiger partial charge in [-0.25, -0.2) is 4.79 Å². The van der Waals surface area contributed by atoms with Crippen LogP contribution in [0, 0.1) is 6.92 Å². The highest BCUT2D eigenvalue weighted by Gasteiger charge is 2.21. The molecule has 0 radical (unpaired) electrons. The van der Waals surface area contributed by atoms with Gasteiger partial charge in [0, 0.05) is 16.7 Å². The minimum atomic E-state index is -1.03. The van der Waals surface area contributed by atoms with E-state index in [1.165, 1.54) is 0 Å². The SMILES string of the molecule is CCOc1ccccc1-c1cc(-c2c(C)cc(C(C)C)cc2OCC(=O)O)nn1Cc1ccccc1OC. The summed E-state index contributed by atoms with van der Waals surface area (Å²) < 4.78 is 19.3. The standard InChI is InChI=1S/C31H34N2O5/c1-6-37-28-14-10-8-12-24(28)26-17-25(32-33(26)18-22-11-7-9-13-27(22)36-5)31-21(4)15-23(20(2)3)16-29(31)38-19-30(34)35/h7-17,20H,6,18-19H2,1-5H3,(H,34,35). The number of carboxylic acid groups (broad SMARTS) is 1. The van der Waals surface area contributed by atoms with E-state index in [4.69, 9.17) is 19.3 Å². The van der Waals surface area contributed by atoms with Crippen LogP contribution in [0.3, 0.4) is 0 Å². The fourth-order valence-electron chi connectivity index (χ4n) is 4.53. The molecule has 0 bridgehead atoms. The highest BCUT2D eigenvalue weighted by Crippen LogP contribution is 2.39. The van der Waals surface area contributed by atoms with Crippen molar-refractivity contribution in [1.82, 2.24) is 9.78 Å². The first-order valence-corrected chi connectivity index (χ1v) is 12.7. The summed E-state index contributed by atoms with van der Waals surface area (Å²) in [5.74, 6) is 1.26. The molecular formula is C31H34N2O5. The zero-order valence-corrected chi connectivity index (χ0v) is 22.5. The number of aryl methyl sites for hydroxylation is 1. The zero-order chi connectivity index (χ0) is 27.2. The van der Waals surface area contributed by atoms with E-state index < -0.39 is 12.6 Å². The van der Waals surface area contributed by atoms with E-state index in [1.54, 1.807) is 7.11 Å². The second kappa shape index (κ2) is 11.9. The summed E-state index contributed by atoms with van der Waals surface area (Å²) in [6.45, 7) is 8.72. The Morgan fingerprint density at radius 2 is 1.68 bits per heavy atom. The fourth-order valence-corrected chi connectivity index (χ4v) is 4.53. The predicted octanol–water partition coefficient (Wildman–Crippen LogP) is 6.57. The quantitative estimate of drug-likeness (QED) is 0.244. The molecule has 1 heterocycles. The molecule has 198 valence electrons. The lowest BCUT2D eigenvalue weighted by molar-refractivity contribution is -0.139. The molecule has 0 aliphatic carbocycles. The number of rotatable bonds is 11. The fraction of sp³-hybridized carbons (Fsp3) is 0.290. The van der Waals surface area contributed by atoms with E-state index in [0.717, 1.165) is 45.0 Å². The number of carboxylic acids is 1. The van der Waals surface area contributed by atoms with Crippen molar-refractivity contribution in [2.45, 2.75) is 40.2 Å². The number of carbonyl (C=O) groups is 1. The normalized spacial score (nSPS) is 11.0. The number of methoxy groups -OCH3 is 1. The summed E-state index contributed by atoms with van der Waals surface area (Å²) in [5.41, 5.74) is 6.25. The molecule has 0 aliphatic rings. The molecule has 38 heavy (non-hydrogen) atoms. The third kappa shape index (κ3) is 5.83. The van der Waals surface area contributed by atoms with Crippen LogP contribution in [0.4, 0.5) is 0 Å². The number of aromatic nitrogens is 2. The smallest absolute Gasteiger partial charge is 0.341 e. The molecule has 0 saturated heterocycles. The van der Waals surface area contributed by atoms with Crippen LogP contribution in [0.1, 0.15) is 43.4 Å². The average molecular weight is 515 g/mol. The summed E-state index contributed by atoms with van der Waals surface area (Å²) in [5, 5.41) is 14.3. The van der Waals surface area contributed by atoms with E-state index in [9.17, 15) is 9.90 Å². The summed E-state index contributed by atoms with van der Waals surface area (Å²) in [6, 6.07) is 21.8. The van der Waals surface area contributed by atoms with Gasteiger partial charge in [0.2, 0.25) is 0 Å². The molecule has 4 rings (SSSR count). The lowest BCUT2D eigenvalue weighted by Gasteiger charge is -2.16. The number of ether oxygens (including phenoxy) is 3. The van der Waals surface area contributed by atoms with Crippen LogP contribution in [0.15, 0.2) is 66.7 Å². The molecule has 0 fully saturated rings. The van der Waals surface area contributed by atoms with Gasteiger partial charge in [0.25, 0.3) is 0 Å². The molecule has 0 amide bonds. The van der Waals surface area contributed by atoms with Crippen LogP contribution in [0.25, 0.3) is 22.5 Å². The molecule has 0 atom stereocenters. The molecule has 0 aliphatic heterocycles. The van der Waals surface area contributed by atoms with Gasteiger partial charge in [-0.05, 0) is 61.2 Å². The summed E-state index contributed by atoms with van der Waals surface area (Å²) >= 11 is 0. The monoisotopic (exact) mass is 514 g/mol. The van der Waals surface area contributed by atoms with Crippen molar-refractivity contribution in [2.24, 2.45) is 0 Å². The number of nitrogens with zero attached hydrogens (tertiary/aromatic N) is 2. The van der Waals surface area contributed by atoms with Gasteiger partial charge in [-0.1, -0.05) is 50.2 Å². The second-order valence-corrected chi connectivity index (χ2v) is 9.36. The van der Waals surface area contributed by atoms with E-state index in [-0.39, 0.29) is 5.92 Å². The summed E-state index contributed by atoms with van der Waals surface area (Å²) in [4.78, 5) is 11.4. The first kappa shape index (κ1) is 26.8. The lowest BCUT2D eigenvalue weighted by Crippen LogP contribution is -2.11. The maximum absolute atomic E-state index is 11.4. The van der Waals surface area contributed by atoms with Crippen molar-refractivity contribution >= 4 is 5.97 Å². The van der Waals surface area contributed by atoms with Gasteiger partial charge in [0.15, 0.2) is 6.61 Å². The Labute approximate surface area is 223 Å². The number of aliphatic carboxylic acids is 1. The lowest BCUT2D eigenvalue weighted by atomic mass is 9.95. The molecule has 1 N–H and O–H groups in total. The minimum Gasteiger partial charge on any atom is -0.496 e. The average Bonchev–Trinajstić information content (AvgIpc) is 3.30. The van der Waals surface area contributed by atoms with Crippen LogP contribution in [-0.4, -0.2) is 41.2 Å². The maximum atomic E-state index is 11.4. The predicted molar refractivity (Wildman–Crippen MR) is 148 cm³/mol. The largest absolute Gasteiger partial charge is 0.496 e. The van der Waals surface area contributed by atoms with Crippen molar-refractivity contribution < 1.29 is 24.1 Å². The number of para-hydroxylation sites is 2. The van der Waals surface area contributed by atoms with Gasteiger partial charge >= 0.3 is 5.97 Å². The van der Waals surface area contributed by atoms with Crippen molar-refractivity contribution in [1.29, 1.82) is 0 Å². The topological polar surface area (TPSA) is 82.8 Å². The first-order valence-electron chi connectivity index (χ1n) is 12.7. The maximum Gasteiger partial charge on any atom is 0.341 e. The van der Waals surface area contributed by atoms with Gasteiger partial charge in [0.1, 0.15) is 17.2 Å². The van der Waals surface area contributed by atoms with Crippen LogP contribution < -0.4 is 14.2 Å². The van der Waals surface area contributed by atoms with Gasteiger partial charge in [-0.15, -0.1) is 0 Å². The van der Waals surface area contributed by atoms with Gasteiger partial charge in [-0.3, -0.25) is 4.68 Å². The minimum absolute atomic E-state index is 0.256. The summed E-state index contributed by atoms with van der Waals surface area (Å²) in [6.07, 6.45) is 0. The molecule has 7 nitrogen and oxygen atoms in total. The Bertz CT molecular complexity index is 1420. The number of hydrogen-bond donors (Lipinski definition) is 1. The number of hydrogen-bond acceptors (Lipinski definition) is 5. The Balaban J connectivity index is 1.92. The van der Waals surface area contributed by atoms with Crippen LogP contribution in [0.5, 0.6) is 17.2 Å². The zero-order valence-electron chi connectivity index (χ0n) is 22.5. The molecule has 7 heteroatoms. The van der Waals surface area contributed by atoms with Crippen molar-refractivity contribution in [2.75, 3.05) is 20.3 Å². The molecule has 3 aromatic carbocycles. The Morgan fingerprint density at radius 1 is 0.974 bits per heavy atom. The number of benzene rings is 3. The molecule has 0 unspecified atom stereocenters. The third-order valence-electron chi connectivity index (χ3n) is 6.35. The van der Waals surface area contributed by atoms with Gasteiger partial charge in [0.05, 0.1) is 31.6 Å². The molecular weight excluding hydrogens is 480 g/mol. The van der Waals surface area contributed by atoms with E-state index in [1.807, 2.05) is 79.2 Å². The molecule has 4 aromatic rings. The molecule has 0 saturated carbocycles. The van der Waals surface area contributed by atoms with Crippen molar-refractivity contribution in [3.8, 4) is 39.8 Å². The summed E-state index contributed by atoms with van der Waals surface area (Å²) in [7, 11) is 1.66. The Hall–Kier alpha value is -4.26. The second-order valence-electron chi connectivity index (χ2n) is 9.36. The van der Waals surface area contributed by atoms with Gasteiger partial charge in [-0.2, -0.15) is 5.10 Å². The van der Waals surface area contributed by atoms with Crippen molar-refractivity contribution in [3.05, 3.63) is 83.4 Å². The Kier molecular flexibility index (Phi) is 8.36. The van der Waals surface area contributed by atoms with Crippen LogP contribution >= 0.6 is 0 Å². The Morgan fingerprint density at radius 3 is 2.37 bits per heavy atom. The third-order valence-corrected chi connectivity index (χ3v) is 6.35. The molecule has 0 spiro atoms. The highest BCUT2D eigenvalue weighted by molar-refractivity contribution is 5.78. The highest BCUT2D eigenvalue weighted by atomic mass is 16.5. The van der Waals surface area contributed by atoms with E-state index in [0.29, 0.717) is 24.6 Å². The molecule has 1 aromatic heterocycles. The van der Waals surface area contributed by atoms with E-state index in [2.05, 4.69) is 19.9 Å². The first-order chi connectivity index (χ1) is 18.3. The van der Waals surface area contributed by atoms with E-state index >= 15 is 0 Å².